The van der Waals surface area contributed by atoms with Gasteiger partial charge in [-0.1, -0.05) is 189 Å². The van der Waals surface area contributed by atoms with Crippen LogP contribution in [0.1, 0.15) is 154 Å². The van der Waals surface area contributed by atoms with Crippen LogP contribution < -0.4 is 4.74 Å². The highest BCUT2D eigenvalue weighted by Gasteiger charge is 2.25. The van der Waals surface area contributed by atoms with Gasteiger partial charge in [-0.3, -0.25) is 29.9 Å². The molecule has 24 heteroatoms. The lowest BCUT2D eigenvalue weighted by molar-refractivity contribution is 0.291. The number of hydrogen-bond donors (Lipinski definition) is 0. The number of oxazole rings is 1. The van der Waals surface area contributed by atoms with Crippen LogP contribution in [0.2, 0.25) is 0 Å². The minimum absolute atomic E-state index is 0.666. The van der Waals surface area contributed by atoms with Crippen LogP contribution in [0.25, 0.3) is 111 Å². The van der Waals surface area contributed by atoms with Crippen molar-refractivity contribution >= 4 is 111 Å². The van der Waals surface area contributed by atoms with Gasteiger partial charge in [-0.2, -0.15) is 0 Å². The summed E-state index contributed by atoms with van der Waals surface area (Å²) in [6, 6.07) is 89.3. The van der Waals surface area contributed by atoms with E-state index >= 15 is 0 Å². The van der Waals surface area contributed by atoms with Gasteiger partial charge in [-0.05, 0) is 205 Å². The number of hydrogen-bond acceptors (Lipinski definition) is 21. The fraction of sp³-hybridized carbons (Fsp3) is 0.244. The third kappa shape index (κ3) is 22.8. The summed E-state index contributed by atoms with van der Waals surface area (Å²) in [7, 11) is 4.19. The summed E-state index contributed by atoms with van der Waals surface area (Å²) in [5, 5.41) is 3.26. The summed E-state index contributed by atoms with van der Waals surface area (Å²) in [6.45, 7) is 3.90. The molecule has 0 unspecified atom stereocenters. The summed E-state index contributed by atoms with van der Waals surface area (Å²) < 4.78 is 18.4. The quantitative estimate of drug-likeness (QED) is 0.0646. The molecular weight excluding hydrogens is 1790 g/mol. The monoisotopic (exact) mass is 1900 g/mol. The second-order valence-corrected chi connectivity index (χ2v) is 37.8. The summed E-state index contributed by atoms with van der Waals surface area (Å²) >= 11 is 1.71. The van der Waals surface area contributed by atoms with E-state index in [-0.39, 0.29) is 0 Å². The summed E-state index contributed by atoms with van der Waals surface area (Å²) in [5.74, 6) is 5.77. The van der Waals surface area contributed by atoms with Gasteiger partial charge in [0.05, 0.1) is 146 Å². The van der Waals surface area contributed by atoms with Crippen LogP contribution in [0.4, 0.5) is 5.69 Å². The number of aliphatic imine (C=N–C) groups is 1. The summed E-state index contributed by atoms with van der Waals surface area (Å²) in [6.07, 6.45) is 35.3. The molecule has 143 heavy (non-hydrogen) atoms. The molecule has 26 rings (SSSR count). The van der Waals surface area contributed by atoms with Crippen LogP contribution in [0.15, 0.2) is 319 Å². The smallest absolute Gasteiger partial charge is 0.195 e. The first kappa shape index (κ1) is 93.2. The number of thiazole rings is 1. The van der Waals surface area contributed by atoms with Gasteiger partial charge in [-0.15, -0.1) is 11.3 Å². The zero-order valence-corrected chi connectivity index (χ0v) is 81.6. The molecule has 4 aliphatic rings. The zero-order valence-electron chi connectivity index (χ0n) is 80.8. The van der Waals surface area contributed by atoms with E-state index in [1.807, 2.05) is 232 Å². The molecule has 22 aromatic rings. The first-order valence-electron chi connectivity index (χ1n) is 50.0. The molecule has 0 radical (unpaired) electrons. The topological polar surface area (TPSA) is 269 Å². The average molecular weight is 1900 g/mol. The van der Waals surface area contributed by atoms with Crippen molar-refractivity contribution in [2.24, 2.45) is 19.1 Å². The van der Waals surface area contributed by atoms with Crippen molar-refractivity contribution in [3.8, 4) is 28.3 Å². The Balaban J connectivity index is 0.000000102. The molecule has 0 spiro atoms. The van der Waals surface area contributed by atoms with Gasteiger partial charge in [-0.25, -0.2) is 59.8 Å². The normalized spacial score (nSPS) is 13.2. The predicted molar refractivity (Wildman–Crippen MR) is 570 cm³/mol. The maximum absolute atomic E-state index is 5.92. The van der Waals surface area contributed by atoms with Crippen molar-refractivity contribution in [3.05, 3.63) is 400 Å². The molecule has 1 saturated carbocycles. The Kier molecular flexibility index (Phi) is 29.1. The second kappa shape index (κ2) is 44.6. The van der Waals surface area contributed by atoms with E-state index in [2.05, 4.69) is 157 Å². The Bertz CT molecular complexity index is 8200. The lowest BCUT2D eigenvalue weighted by atomic mass is 9.87. The fourth-order valence-corrected chi connectivity index (χ4v) is 20.1. The minimum atomic E-state index is 0.666. The maximum atomic E-state index is 5.92. The van der Waals surface area contributed by atoms with Crippen LogP contribution in [-0.4, -0.2) is 111 Å². The third-order valence-corrected chi connectivity index (χ3v) is 27.8. The van der Waals surface area contributed by atoms with Crippen LogP contribution in [-0.2, 0) is 111 Å². The van der Waals surface area contributed by atoms with E-state index in [0.717, 1.165) is 289 Å². The van der Waals surface area contributed by atoms with Gasteiger partial charge in [0, 0.05) is 130 Å². The molecule has 11 aromatic carbocycles. The molecule has 14 heterocycles. The standard InChI is InChI=1S/C23H22N4.C21H20N4O.C20H24N4.C19H15N3S.C19H17N3.C17H13N3O/c1-2-8-17(9-3-1)23-21-12-6-7-15-27(21)22(26-23)14-13-18-16-24-19-10-4-5-11-20(19)25-18;1-25-18-10-8-14-5-4-12-26-21(14)20(18)24-19(25)11-9-15-13-22-16-6-2-3-7-17(16)23-15;1-24-14-19(15-7-3-2-4-8-15)23-20(24)12-11-16-13-21-17-9-5-6-10-18(17)22-16;1-2-6-14(7-3-1)18-13-23-19(22-18)11-10-15-12-20-16-8-4-5-9-17(16)21-15;1-13-16(22-19-9-5-4-8-18(19)20-13)11-10-15-12-14-6-2-3-7-17(14)21-15;1-2-6-14-13(5-1)18-11-12(19-14)9-10-17-20-15-7-3-4-8-16(15)21-17/h1-5,8-11,16H,6-7,12-15H2;2-3,6-8,10,13H,4-5,9,11-12H2,1H3;5-6,9-10,13-15H,2-4,7-8,11-12H2,1H3;1-9,12-13H,10-11H2;2-9H,10-12H2,1H3;1-8,11H,9-10H2. The number of aryl methyl sites for hydroxylation is 15. The van der Waals surface area contributed by atoms with Gasteiger partial charge in [0.15, 0.2) is 11.5 Å². The molecule has 23 nitrogen and oxygen atoms in total. The van der Waals surface area contributed by atoms with E-state index in [4.69, 9.17) is 54.0 Å². The van der Waals surface area contributed by atoms with Crippen LogP contribution in [0.3, 0.4) is 0 Å². The van der Waals surface area contributed by atoms with Crippen LogP contribution in [0.5, 0.6) is 5.75 Å². The minimum Gasteiger partial charge on any atom is -0.491 e. The van der Waals surface area contributed by atoms with E-state index in [1.54, 1.807) is 11.3 Å². The molecule has 1 fully saturated rings. The van der Waals surface area contributed by atoms with Crippen molar-refractivity contribution in [2.75, 3.05) is 6.61 Å². The molecular formula is C119H111N21O2S. The number of fused-ring (bicyclic) bond motifs is 12. The van der Waals surface area contributed by atoms with Crippen molar-refractivity contribution in [1.29, 1.82) is 0 Å². The molecule has 11 aromatic heterocycles. The van der Waals surface area contributed by atoms with Gasteiger partial charge in [0.25, 0.3) is 0 Å². The van der Waals surface area contributed by atoms with Gasteiger partial charge in [0.1, 0.15) is 34.3 Å². The van der Waals surface area contributed by atoms with Crippen LogP contribution >= 0.6 is 11.3 Å². The summed E-state index contributed by atoms with van der Waals surface area (Å²) in [5.41, 5.74) is 34.6. The van der Waals surface area contributed by atoms with Crippen molar-refractivity contribution in [1.82, 2.24) is 98.4 Å². The van der Waals surface area contributed by atoms with Crippen molar-refractivity contribution in [2.45, 2.75) is 167 Å². The molecule has 1 aliphatic carbocycles. The van der Waals surface area contributed by atoms with E-state index < -0.39 is 0 Å². The largest absolute Gasteiger partial charge is 0.491 e. The van der Waals surface area contributed by atoms with Gasteiger partial charge in [0.2, 0.25) is 0 Å². The van der Waals surface area contributed by atoms with E-state index in [1.165, 1.54) is 90.1 Å². The van der Waals surface area contributed by atoms with E-state index in [9.17, 15) is 0 Å². The first-order chi connectivity index (χ1) is 70.5. The Morgan fingerprint density at radius 3 is 1.44 bits per heavy atom. The lowest BCUT2D eigenvalue weighted by Crippen LogP contribution is -2.13. The molecule has 0 bridgehead atoms. The molecule has 710 valence electrons. The fourth-order valence-electron chi connectivity index (χ4n) is 19.3. The Morgan fingerprint density at radius 2 is 0.867 bits per heavy atom. The van der Waals surface area contributed by atoms with E-state index in [0.29, 0.717) is 5.92 Å². The number of para-hydroxylation sites is 15. The number of benzene rings is 11. The highest BCUT2D eigenvalue weighted by molar-refractivity contribution is 7.10. The molecule has 3 aliphatic heterocycles. The summed E-state index contributed by atoms with van der Waals surface area (Å²) in [4.78, 5) is 84.2. The number of aromatic nitrogens is 20. The molecule has 0 N–H and O–H groups in total. The SMILES string of the molecule is Cc1nc2ccccc2nc1CCC1=Nc2ccccc2C1.Cn1c(CCc2cnc3ccccc3n2)nc2c3c(ccc21)CCCO3.Cn1cc(C2CCCCC2)nc1CCc1cnc2ccccc2n1.c1ccc(-c2csc(CCc3cnc4ccccc4n3)n2)cc1.c1ccc(-c2nc(CCc3cnc4ccccc4n3)n3c2CCCC3)cc1.c1ccc2nc(CCc3nc4ccccc4o3)cnc2c1. The van der Waals surface area contributed by atoms with Crippen LogP contribution in [0, 0.1) is 6.92 Å². The zero-order chi connectivity index (χ0) is 96.4. The number of ether oxygens (including phenoxy) is 1. The molecule has 0 amide bonds. The van der Waals surface area contributed by atoms with Crippen molar-refractivity contribution < 1.29 is 9.15 Å². The van der Waals surface area contributed by atoms with Gasteiger partial charge >= 0.3 is 0 Å². The Hall–Kier alpha value is -16.1. The first-order valence-corrected chi connectivity index (χ1v) is 50.9. The number of rotatable bonds is 21. The van der Waals surface area contributed by atoms with Crippen molar-refractivity contribution in [3.63, 3.8) is 0 Å². The Labute approximate surface area is 834 Å². The number of nitrogens with zero attached hydrogens (tertiary/aromatic N) is 21. The third-order valence-electron chi connectivity index (χ3n) is 26.9. The maximum Gasteiger partial charge on any atom is 0.195 e. The Morgan fingerprint density at radius 1 is 0.371 bits per heavy atom. The highest BCUT2D eigenvalue weighted by atomic mass is 32.1. The number of imidazole rings is 3. The lowest BCUT2D eigenvalue weighted by Gasteiger charge is -2.19. The average Bonchev–Trinajstić information content (AvgIpc) is 1.62. The molecule has 0 atom stereocenters. The molecule has 0 saturated heterocycles. The van der Waals surface area contributed by atoms with Gasteiger partial charge < -0.3 is 22.9 Å². The second-order valence-electron chi connectivity index (χ2n) is 36.8. The predicted octanol–water partition coefficient (Wildman–Crippen LogP) is 24.7. The highest BCUT2D eigenvalue weighted by Crippen LogP contribution is 2.37.